The summed E-state index contributed by atoms with van der Waals surface area (Å²) in [7, 11) is 0. The summed E-state index contributed by atoms with van der Waals surface area (Å²) in [6.07, 6.45) is -3.66. The molecule has 2 heterocycles. The monoisotopic (exact) mass is 425 g/mol. The van der Waals surface area contributed by atoms with Crippen molar-refractivity contribution in [3.8, 4) is 0 Å². The van der Waals surface area contributed by atoms with E-state index in [9.17, 15) is 31.9 Å². The molecule has 0 N–H and O–H groups in total. The number of aromatic nitrogens is 1. The summed E-state index contributed by atoms with van der Waals surface area (Å²) >= 11 is 0. The molecule has 1 saturated heterocycles. The maximum absolute atomic E-state index is 14.3. The third-order valence-electron chi connectivity index (χ3n) is 4.96. The second-order valence-corrected chi connectivity index (χ2v) is 6.94. The Morgan fingerprint density at radius 2 is 1.73 bits per heavy atom. The van der Waals surface area contributed by atoms with Gasteiger partial charge in [0.1, 0.15) is 17.9 Å². The zero-order valence-electron chi connectivity index (χ0n) is 16.1. The first kappa shape index (κ1) is 21.5. The number of carbonyl (C=O) groups excluding carboxylic acids is 2. The molecule has 1 amide bonds. The van der Waals surface area contributed by atoms with Gasteiger partial charge in [-0.1, -0.05) is 0 Å². The van der Waals surface area contributed by atoms with Crippen molar-refractivity contribution in [1.29, 1.82) is 0 Å². The van der Waals surface area contributed by atoms with Crippen molar-refractivity contribution in [2.45, 2.75) is 19.6 Å². The minimum Gasteiger partial charge on any atom is -0.366 e. The molecule has 2 aromatic rings. The minimum atomic E-state index is -4.79. The molecule has 0 spiro atoms. The van der Waals surface area contributed by atoms with Gasteiger partial charge in [0.15, 0.2) is 5.78 Å². The molecule has 30 heavy (non-hydrogen) atoms. The lowest BCUT2D eigenvalue weighted by atomic mass is 10.1. The summed E-state index contributed by atoms with van der Waals surface area (Å²) in [6.45, 7) is 1.89. The number of Topliss-reactive ketones (excluding diaryl/α,β-unsaturated/α-hetero) is 1. The van der Waals surface area contributed by atoms with Gasteiger partial charge in [0.25, 0.3) is 5.56 Å². The van der Waals surface area contributed by atoms with Gasteiger partial charge in [-0.25, -0.2) is 4.39 Å². The fourth-order valence-electron chi connectivity index (χ4n) is 3.30. The molecule has 6 nitrogen and oxygen atoms in total. The Bertz CT molecular complexity index is 1020. The molecule has 1 aliphatic heterocycles. The highest BCUT2D eigenvalue weighted by atomic mass is 19.4. The molecule has 10 heteroatoms. The Labute approximate surface area is 169 Å². The van der Waals surface area contributed by atoms with Crippen LogP contribution in [0.25, 0.3) is 0 Å². The maximum atomic E-state index is 14.3. The van der Waals surface area contributed by atoms with E-state index in [2.05, 4.69) is 0 Å². The van der Waals surface area contributed by atoms with Gasteiger partial charge in [-0.05, 0) is 37.3 Å². The van der Waals surface area contributed by atoms with Crippen molar-refractivity contribution in [2.75, 3.05) is 31.1 Å². The number of pyridine rings is 1. The van der Waals surface area contributed by atoms with Gasteiger partial charge >= 0.3 is 6.18 Å². The fourth-order valence-corrected chi connectivity index (χ4v) is 3.30. The second kappa shape index (κ2) is 8.29. The molecule has 3 rings (SSSR count). The number of alkyl halides is 3. The maximum Gasteiger partial charge on any atom is 0.421 e. The molecular formula is C20H19F4N3O3. The summed E-state index contributed by atoms with van der Waals surface area (Å²) in [4.78, 5) is 38.9. The van der Waals surface area contributed by atoms with E-state index in [4.69, 9.17) is 0 Å². The predicted octanol–water partition coefficient (Wildman–Crippen LogP) is 2.56. The standard InChI is InChI=1S/C20H19F4N3O3/c1-13(28)14-4-5-17(16(21)11-14)25-7-9-26(10-8-25)18(29)12-27-6-2-3-15(19(27)30)20(22,23)24/h2-6,11H,7-10,12H2,1H3. The third-order valence-corrected chi connectivity index (χ3v) is 4.96. The molecule has 0 aliphatic carbocycles. The van der Waals surface area contributed by atoms with E-state index in [1.807, 2.05) is 0 Å². The number of amides is 1. The molecule has 160 valence electrons. The Hall–Kier alpha value is -3.17. The highest BCUT2D eigenvalue weighted by Gasteiger charge is 2.34. The van der Waals surface area contributed by atoms with E-state index in [0.29, 0.717) is 24.8 Å². The van der Waals surface area contributed by atoms with Crippen molar-refractivity contribution in [1.82, 2.24) is 9.47 Å². The lowest BCUT2D eigenvalue weighted by Crippen LogP contribution is -2.50. The lowest BCUT2D eigenvalue weighted by molar-refractivity contribution is -0.139. The number of benzene rings is 1. The summed E-state index contributed by atoms with van der Waals surface area (Å²) in [5.74, 6) is -1.29. The SMILES string of the molecule is CC(=O)c1ccc(N2CCN(C(=O)Cn3cccc(C(F)(F)F)c3=O)CC2)c(F)c1. The van der Waals surface area contributed by atoms with E-state index in [1.54, 1.807) is 4.90 Å². The van der Waals surface area contributed by atoms with Crippen LogP contribution in [0.1, 0.15) is 22.8 Å². The summed E-state index contributed by atoms with van der Waals surface area (Å²) < 4.78 is 53.6. The summed E-state index contributed by atoms with van der Waals surface area (Å²) in [6, 6.07) is 5.94. The van der Waals surface area contributed by atoms with Gasteiger partial charge in [-0.3, -0.25) is 14.4 Å². The molecule has 1 fully saturated rings. The highest BCUT2D eigenvalue weighted by Crippen LogP contribution is 2.26. The average Bonchev–Trinajstić information content (AvgIpc) is 2.68. The van der Waals surface area contributed by atoms with E-state index in [-0.39, 0.29) is 24.4 Å². The Morgan fingerprint density at radius 1 is 1.07 bits per heavy atom. The Morgan fingerprint density at radius 3 is 2.30 bits per heavy atom. The van der Waals surface area contributed by atoms with Crippen LogP contribution in [0, 0.1) is 5.82 Å². The quantitative estimate of drug-likeness (QED) is 0.558. The van der Waals surface area contributed by atoms with Crippen molar-refractivity contribution in [3.05, 3.63) is 63.8 Å². The summed E-state index contributed by atoms with van der Waals surface area (Å²) in [5, 5.41) is 0. The number of piperazine rings is 1. The van der Waals surface area contributed by atoms with Crippen molar-refractivity contribution in [3.63, 3.8) is 0 Å². The average molecular weight is 425 g/mol. The topological polar surface area (TPSA) is 62.6 Å². The Kier molecular flexibility index (Phi) is 5.95. The number of nitrogens with zero attached hydrogens (tertiary/aromatic N) is 3. The normalized spacial score (nSPS) is 14.7. The molecule has 1 aromatic heterocycles. The zero-order chi connectivity index (χ0) is 22.1. The van der Waals surface area contributed by atoms with Crippen LogP contribution in [0.5, 0.6) is 0 Å². The van der Waals surface area contributed by atoms with E-state index < -0.39 is 35.6 Å². The van der Waals surface area contributed by atoms with Crippen molar-refractivity contribution < 1.29 is 27.2 Å². The number of hydrogen-bond donors (Lipinski definition) is 0. The molecule has 1 aromatic carbocycles. The number of rotatable bonds is 4. The van der Waals surface area contributed by atoms with Gasteiger partial charge in [0.05, 0.1) is 5.69 Å². The third kappa shape index (κ3) is 4.52. The first-order valence-corrected chi connectivity index (χ1v) is 9.18. The highest BCUT2D eigenvalue weighted by molar-refractivity contribution is 5.94. The molecule has 0 radical (unpaired) electrons. The van der Waals surface area contributed by atoms with E-state index in [1.165, 1.54) is 24.0 Å². The zero-order valence-corrected chi connectivity index (χ0v) is 16.1. The summed E-state index contributed by atoms with van der Waals surface area (Å²) in [5.41, 5.74) is -2.03. The largest absolute Gasteiger partial charge is 0.421 e. The van der Waals surface area contributed by atoms with Crippen molar-refractivity contribution >= 4 is 17.4 Å². The predicted molar refractivity (Wildman–Crippen MR) is 101 cm³/mol. The molecular weight excluding hydrogens is 406 g/mol. The first-order valence-electron chi connectivity index (χ1n) is 9.18. The van der Waals surface area contributed by atoms with E-state index >= 15 is 0 Å². The van der Waals surface area contributed by atoms with Gasteiger partial charge < -0.3 is 14.4 Å². The second-order valence-electron chi connectivity index (χ2n) is 6.94. The smallest absolute Gasteiger partial charge is 0.366 e. The fraction of sp³-hybridized carbons (Fsp3) is 0.350. The molecule has 0 atom stereocenters. The van der Waals surface area contributed by atoms with Crippen LogP contribution in [-0.2, 0) is 17.5 Å². The van der Waals surface area contributed by atoms with Crippen LogP contribution >= 0.6 is 0 Å². The molecule has 0 bridgehead atoms. The number of anilines is 1. The van der Waals surface area contributed by atoms with Crippen LogP contribution in [-0.4, -0.2) is 47.3 Å². The van der Waals surface area contributed by atoms with Gasteiger partial charge in [-0.15, -0.1) is 0 Å². The van der Waals surface area contributed by atoms with Crippen LogP contribution in [0.3, 0.4) is 0 Å². The van der Waals surface area contributed by atoms with E-state index in [0.717, 1.165) is 22.9 Å². The minimum absolute atomic E-state index is 0.223. The van der Waals surface area contributed by atoms with Crippen LogP contribution in [0.2, 0.25) is 0 Å². The first-order chi connectivity index (χ1) is 14.1. The number of ketones is 1. The molecule has 0 unspecified atom stereocenters. The van der Waals surface area contributed by atoms with Crippen LogP contribution in [0.15, 0.2) is 41.3 Å². The number of halogens is 4. The number of hydrogen-bond acceptors (Lipinski definition) is 4. The van der Waals surface area contributed by atoms with Gasteiger partial charge in [0, 0.05) is 37.9 Å². The van der Waals surface area contributed by atoms with Crippen molar-refractivity contribution in [2.24, 2.45) is 0 Å². The van der Waals surface area contributed by atoms with Gasteiger partial charge in [0.2, 0.25) is 5.91 Å². The molecule has 0 saturated carbocycles. The van der Waals surface area contributed by atoms with Crippen LogP contribution < -0.4 is 10.5 Å². The van der Waals surface area contributed by atoms with Crippen LogP contribution in [0.4, 0.5) is 23.2 Å². The molecule has 1 aliphatic rings. The Balaban J connectivity index is 1.65. The number of carbonyl (C=O) groups is 2. The lowest BCUT2D eigenvalue weighted by Gasteiger charge is -2.36. The van der Waals surface area contributed by atoms with Gasteiger partial charge in [-0.2, -0.15) is 13.2 Å².